The van der Waals surface area contributed by atoms with Crippen molar-refractivity contribution in [3.05, 3.63) is 200 Å². The molecule has 6 heteroatoms. The van der Waals surface area contributed by atoms with Crippen LogP contribution in [0.3, 0.4) is 0 Å². The first kappa shape index (κ1) is 34.3. The molecule has 0 bridgehead atoms. The second kappa shape index (κ2) is 13.9. The molecular weight excluding hydrogens is 721 g/mol. The van der Waals surface area contributed by atoms with E-state index in [9.17, 15) is 0 Å². The zero-order valence-electron chi connectivity index (χ0n) is 32.3. The Morgan fingerprint density at radius 1 is 0.525 bits per heavy atom. The lowest BCUT2D eigenvalue weighted by Crippen LogP contribution is -2.09. The Morgan fingerprint density at radius 3 is 1.83 bits per heavy atom. The predicted molar refractivity (Wildman–Crippen MR) is 246 cm³/mol. The predicted octanol–water partition coefficient (Wildman–Crippen LogP) is 12.9. The number of nitrogens with zero attached hydrogens (tertiary/aromatic N) is 6. The molecule has 0 aliphatic rings. The van der Waals surface area contributed by atoms with Crippen LogP contribution in [0.5, 0.6) is 0 Å². The van der Waals surface area contributed by atoms with Crippen molar-refractivity contribution in [2.75, 3.05) is 7.05 Å². The maximum absolute atomic E-state index is 5.13. The Morgan fingerprint density at radius 2 is 1.14 bits per heavy atom. The molecule has 0 aliphatic carbocycles. The van der Waals surface area contributed by atoms with Gasteiger partial charge >= 0.3 is 0 Å². The number of pyridine rings is 1. The highest BCUT2D eigenvalue weighted by Gasteiger charge is 2.19. The summed E-state index contributed by atoms with van der Waals surface area (Å²) in [6.45, 7) is 3.85. The highest BCUT2D eigenvalue weighted by Crippen LogP contribution is 2.39. The molecule has 11 rings (SSSR count). The van der Waals surface area contributed by atoms with E-state index in [0.29, 0.717) is 17.3 Å². The number of benzene rings is 7. The van der Waals surface area contributed by atoms with Crippen LogP contribution in [0.1, 0.15) is 5.69 Å². The summed E-state index contributed by atoms with van der Waals surface area (Å²) in [6, 6.07) is 58.5. The molecule has 0 aliphatic heterocycles. The lowest BCUT2D eigenvalue weighted by molar-refractivity contribution is 0.982. The molecule has 0 fully saturated rings. The van der Waals surface area contributed by atoms with Crippen LogP contribution < -0.4 is 0 Å². The molecule has 0 saturated heterocycles. The summed E-state index contributed by atoms with van der Waals surface area (Å²) in [4.78, 5) is 19.5. The smallest absolute Gasteiger partial charge is 0.235 e. The van der Waals surface area contributed by atoms with Gasteiger partial charge in [-0.1, -0.05) is 116 Å². The summed E-state index contributed by atoms with van der Waals surface area (Å²) >= 11 is 0. The average molecular weight is 757 g/mol. The maximum atomic E-state index is 5.13. The Balaban J connectivity index is 1.08. The monoisotopic (exact) mass is 756 g/mol. The van der Waals surface area contributed by atoms with Crippen LogP contribution in [0.25, 0.3) is 99.3 Å². The zero-order chi connectivity index (χ0) is 39.5. The summed E-state index contributed by atoms with van der Waals surface area (Å²) in [6.07, 6.45) is 7.30. The highest BCUT2D eigenvalue weighted by atomic mass is 15.2. The van der Waals surface area contributed by atoms with Crippen molar-refractivity contribution in [1.29, 1.82) is 0 Å². The first-order chi connectivity index (χ1) is 29.2. The van der Waals surface area contributed by atoms with Gasteiger partial charge in [-0.2, -0.15) is 0 Å². The van der Waals surface area contributed by atoms with Crippen LogP contribution in [-0.2, 0) is 0 Å². The normalized spacial score (nSPS) is 12.3. The zero-order valence-corrected chi connectivity index (χ0v) is 32.3. The van der Waals surface area contributed by atoms with Crippen LogP contribution in [0, 0.1) is 0 Å². The number of hydrogen-bond acceptors (Lipinski definition) is 4. The lowest BCUT2D eigenvalue weighted by Gasteiger charge is -2.12. The minimum atomic E-state index is 0.547. The van der Waals surface area contributed by atoms with E-state index in [-0.39, 0.29) is 0 Å². The van der Waals surface area contributed by atoms with Gasteiger partial charge in [0.2, 0.25) is 5.95 Å². The average Bonchev–Trinajstić information content (AvgIpc) is 3.81. The number of allylic oxidation sites excluding steroid dienone is 3. The molecular formula is C53H36N6. The Hall–Kier alpha value is -7.96. The lowest BCUT2D eigenvalue weighted by atomic mass is 10.0. The summed E-state index contributed by atoms with van der Waals surface area (Å²) in [5, 5.41) is 9.67. The summed E-state index contributed by atoms with van der Waals surface area (Å²) in [5.41, 5.74) is 10.7. The van der Waals surface area contributed by atoms with Crippen molar-refractivity contribution in [2.24, 2.45) is 4.99 Å². The van der Waals surface area contributed by atoms with Crippen molar-refractivity contribution in [3.8, 4) is 34.2 Å². The third kappa shape index (κ3) is 5.64. The van der Waals surface area contributed by atoms with E-state index < -0.39 is 0 Å². The fourth-order valence-electron chi connectivity index (χ4n) is 8.67. The van der Waals surface area contributed by atoms with E-state index in [1.165, 1.54) is 43.4 Å². The Bertz CT molecular complexity index is 3530. The molecule has 0 amide bonds. The SMILES string of the molecule is C=C/C=C\C(=NC)c1cc(-c2ccccn2)nc(-n2c3ccccc3c3cc(-c4ccc5c(c4)c4ccccc4n5-c4ccc5ccc6ccccc6c5c4)ccc32)n1. The van der Waals surface area contributed by atoms with Gasteiger partial charge in [0.05, 0.1) is 44.9 Å². The second-order valence-corrected chi connectivity index (χ2v) is 14.7. The molecule has 4 aromatic heterocycles. The molecule has 6 nitrogen and oxygen atoms in total. The van der Waals surface area contributed by atoms with Crippen molar-refractivity contribution >= 4 is 70.9 Å². The first-order valence-corrected chi connectivity index (χ1v) is 19.7. The van der Waals surface area contributed by atoms with Crippen molar-refractivity contribution < 1.29 is 0 Å². The molecule has 7 aromatic carbocycles. The van der Waals surface area contributed by atoms with E-state index in [0.717, 1.165) is 50.0 Å². The highest BCUT2D eigenvalue weighted by molar-refractivity contribution is 6.14. The number of para-hydroxylation sites is 2. The molecule has 0 N–H and O–H groups in total. The molecule has 0 spiro atoms. The topological polar surface area (TPSA) is 60.9 Å². The van der Waals surface area contributed by atoms with Gasteiger partial charge in [-0.25, -0.2) is 9.97 Å². The summed E-state index contributed by atoms with van der Waals surface area (Å²) < 4.78 is 4.56. The third-order valence-corrected chi connectivity index (χ3v) is 11.4. The molecule has 0 radical (unpaired) electrons. The van der Waals surface area contributed by atoms with E-state index in [2.05, 4.69) is 165 Å². The fraction of sp³-hybridized carbons (Fsp3) is 0.0189. The van der Waals surface area contributed by atoms with Gasteiger partial charge in [-0.05, 0) is 105 Å². The van der Waals surface area contributed by atoms with E-state index in [1.54, 1.807) is 19.3 Å². The number of fused-ring (bicyclic) bond motifs is 9. The van der Waals surface area contributed by atoms with Gasteiger partial charge in [0.15, 0.2) is 0 Å². The number of hydrogen-bond donors (Lipinski definition) is 0. The van der Waals surface area contributed by atoms with Crippen LogP contribution in [-0.4, -0.2) is 36.8 Å². The third-order valence-electron chi connectivity index (χ3n) is 11.4. The van der Waals surface area contributed by atoms with Crippen molar-refractivity contribution in [3.63, 3.8) is 0 Å². The van der Waals surface area contributed by atoms with Crippen LogP contribution in [0.4, 0.5) is 0 Å². The Kier molecular flexibility index (Phi) is 8.08. The van der Waals surface area contributed by atoms with Crippen LogP contribution in [0.15, 0.2) is 200 Å². The van der Waals surface area contributed by atoms with Gasteiger partial charge in [-0.15, -0.1) is 0 Å². The minimum absolute atomic E-state index is 0.547. The Labute approximate surface area is 340 Å². The fourth-order valence-corrected chi connectivity index (χ4v) is 8.67. The van der Waals surface area contributed by atoms with E-state index >= 15 is 0 Å². The quantitative estimate of drug-likeness (QED) is 0.0924. The van der Waals surface area contributed by atoms with E-state index in [1.807, 2.05) is 36.4 Å². The largest absolute Gasteiger partial charge is 0.309 e. The van der Waals surface area contributed by atoms with Crippen molar-refractivity contribution in [1.82, 2.24) is 24.1 Å². The molecule has 0 unspecified atom stereocenters. The maximum Gasteiger partial charge on any atom is 0.235 e. The second-order valence-electron chi connectivity index (χ2n) is 14.7. The molecule has 0 atom stereocenters. The van der Waals surface area contributed by atoms with Gasteiger partial charge < -0.3 is 4.57 Å². The first-order valence-electron chi connectivity index (χ1n) is 19.7. The minimum Gasteiger partial charge on any atom is -0.309 e. The molecule has 4 heterocycles. The number of rotatable bonds is 7. The van der Waals surface area contributed by atoms with Crippen LogP contribution >= 0.6 is 0 Å². The molecule has 59 heavy (non-hydrogen) atoms. The molecule has 11 aromatic rings. The van der Waals surface area contributed by atoms with E-state index in [4.69, 9.17) is 9.97 Å². The van der Waals surface area contributed by atoms with Gasteiger partial charge in [-0.3, -0.25) is 14.5 Å². The van der Waals surface area contributed by atoms with Crippen molar-refractivity contribution in [2.45, 2.75) is 0 Å². The van der Waals surface area contributed by atoms with Crippen LogP contribution in [0.2, 0.25) is 0 Å². The summed E-state index contributed by atoms with van der Waals surface area (Å²) in [5.74, 6) is 0.547. The molecule has 0 saturated carbocycles. The molecule has 278 valence electrons. The standard InChI is InChI=1S/C53H36N6/c1-3-4-17-45(54-2)47-33-48(46-18-11-12-29-55-46)57-53(56-47)59-50-20-10-8-16-41(50)44-31-37(25-28-52(44)59)36-24-27-51-43(30-36)40-15-7-9-19-49(40)58(51)38-26-23-35-22-21-34-13-5-6-14-39(34)42(35)32-38/h3-33H,1H2,2H3/b17-4-,54-45?. The van der Waals surface area contributed by atoms with Gasteiger partial charge in [0.25, 0.3) is 0 Å². The van der Waals surface area contributed by atoms with Gasteiger partial charge in [0.1, 0.15) is 0 Å². The number of aliphatic imine (C=N–C) groups is 1. The summed E-state index contributed by atoms with van der Waals surface area (Å²) in [7, 11) is 1.77. The van der Waals surface area contributed by atoms with Gasteiger partial charge in [0, 0.05) is 40.5 Å². The number of aromatic nitrogens is 5.